The van der Waals surface area contributed by atoms with Gasteiger partial charge in [-0.05, 0) is 49.9 Å². The van der Waals surface area contributed by atoms with Crippen LogP contribution >= 0.6 is 0 Å². The highest BCUT2D eigenvalue weighted by atomic mass is 16.1. The quantitative estimate of drug-likeness (QED) is 0.794. The number of carbonyl (C=O) groups excluding carboxylic acids is 1. The van der Waals surface area contributed by atoms with Crippen molar-refractivity contribution in [2.45, 2.75) is 32.6 Å². The Balaban J connectivity index is 1.59. The maximum atomic E-state index is 12.1. The Hall–Kier alpha value is -1.81. The minimum absolute atomic E-state index is 0.191. The topological polar surface area (TPSA) is 56.9 Å². The first kappa shape index (κ1) is 15.1. The maximum Gasteiger partial charge on any atom is 0.223 e. The number of aromatic amines is 1. The molecule has 1 aromatic carbocycles. The van der Waals surface area contributed by atoms with E-state index in [1.165, 1.54) is 22.0 Å². The van der Waals surface area contributed by atoms with E-state index in [9.17, 15) is 4.79 Å². The molecule has 0 radical (unpaired) electrons. The molecule has 0 spiro atoms. The first-order valence-electron chi connectivity index (χ1n) is 8.36. The molecule has 2 heterocycles. The third-order valence-corrected chi connectivity index (χ3v) is 4.67. The van der Waals surface area contributed by atoms with Crippen LogP contribution in [0.4, 0.5) is 0 Å². The van der Waals surface area contributed by atoms with E-state index in [1.54, 1.807) is 0 Å². The molecule has 4 heteroatoms. The fourth-order valence-corrected chi connectivity index (χ4v) is 3.33. The summed E-state index contributed by atoms with van der Waals surface area (Å²) in [6.45, 7) is 4.81. The van der Waals surface area contributed by atoms with Crippen LogP contribution < -0.4 is 10.6 Å². The lowest BCUT2D eigenvalue weighted by Crippen LogP contribution is -2.38. The summed E-state index contributed by atoms with van der Waals surface area (Å²) in [4.78, 5) is 15.5. The Labute approximate surface area is 131 Å². The van der Waals surface area contributed by atoms with Crippen molar-refractivity contribution < 1.29 is 4.79 Å². The van der Waals surface area contributed by atoms with E-state index in [4.69, 9.17) is 0 Å². The fourth-order valence-electron chi connectivity index (χ4n) is 3.33. The summed E-state index contributed by atoms with van der Waals surface area (Å²) >= 11 is 0. The molecule has 0 saturated carbocycles. The summed E-state index contributed by atoms with van der Waals surface area (Å²) in [6.07, 6.45) is 5.91. The number of aromatic nitrogens is 1. The van der Waals surface area contributed by atoms with Gasteiger partial charge in [-0.25, -0.2) is 0 Å². The molecule has 0 atom stereocenters. The number of H-pyrrole nitrogens is 1. The van der Waals surface area contributed by atoms with Gasteiger partial charge in [0.15, 0.2) is 0 Å². The smallest absolute Gasteiger partial charge is 0.223 e. The third kappa shape index (κ3) is 3.17. The Kier molecular flexibility index (Phi) is 4.78. The molecule has 1 amide bonds. The van der Waals surface area contributed by atoms with Crippen molar-refractivity contribution >= 4 is 16.8 Å². The van der Waals surface area contributed by atoms with Gasteiger partial charge in [-0.3, -0.25) is 4.79 Å². The van der Waals surface area contributed by atoms with E-state index >= 15 is 0 Å². The van der Waals surface area contributed by atoms with Crippen LogP contribution in [0, 0.1) is 5.92 Å². The number of rotatable bonds is 5. The Bertz CT molecular complexity index is 641. The molecule has 22 heavy (non-hydrogen) atoms. The van der Waals surface area contributed by atoms with Crippen LogP contribution in [0.15, 0.2) is 24.4 Å². The van der Waals surface area contributed by atoms with Crippen molar-refractivity contribution in [3.63, 3.8) is 0 Å². The van der Waals surface area contributed by atoms with Gasteiger partial charge in [0.1, 0.15) is 0 Å². The van der Waals surface area contributed by atoms with Crippen molar-refractivity contribution in [2.24, 2.45) is 5.92 Å². The van der Waals surface area contributed by atoms with Gasteiger partial charge in [-0.15, -0.1) is 0 Å². The van der Waals surface area contributed by atoms with Crippen molar-refractivity contribution in [3.8, 4) is 0 Å². The number of hydrogen-bond acceptors (Lipinski definition) is 2. The monoisotopic (exact) mass is 299 g/mol. The van der Waals surface area contributed by atoms with E-state index in [-0.39, 0.29) is 11.8 Å². The van der Waals surface area contributed by atoms with Crippen molar-refractivity contribution in [3.05, 3.63) is 35.5 Å². The highest BCUT2D eigenvalue weighted by Crippen LogP contribution is 2.22. The van der Waals surface area contributed by atoms with E-state index in [1.807, 2.05) is 0 Å². The number of piperidine rings is 1. The molecule has 4 nitrogen and oxygen atoms in total. The van der Waals surface area contributed by atoms with Gasteiger partial charge in [-0.2, -0.15) is 0 Å². The molecule has 0 aliphatic carbocycles. The second kappa shape index (κ2) is 6.97. The minimum atomic E-state index is 0.191. The minimum Gasteiger partial charge on any atom is -0.361 e. The highest BCUT2D eigenvalue weighted by molar-refractivity contribution is 5.86. The molecule has 118 valence electrons. The van der Waals surface area contributed by atoms with Crippen LogP contribution in [-0.2, 0) is 17.6 Å². The predicted molar refractivity (Wildman–Crippen MR) is 90.0 cm³/mol. The summed E-state index contributed by atoms with van der Waals surface area (Å²) in [5, 5.41) is 7.69. The van der Waals surface area contributed by atoms with Gasteiger partial charge in [0, 0.05) is 29.6 Å². The third-order valence-electron chi connectivity index (χ3n) is 4.67. The van der Waals surface area contributed by atoms with Crippen LogP contribution in [0.2, 0.25) is 0 Å². The number of fused-ring (bicyclic) bond motifs is 1. The van der Waals surface area contributed by atoms with Crippen molar-refractivity contribution in [2.75, 3.05) is 19.6 Å². The lowest BCUT2D eigenvalue weighted by Gasteiger charge is -2.21. The van der Waals surface area contributed by atoms with Crippen LogP contribution in [0.5, 0.6) is 0 Å². The molecule has 2 aromatic rings. The zero-order chi connectivity index (χ0) is 15.4. The molecule has 3 N–H and O–H groups in total. The van der Waals surface area contributed by atoms with E-state index in [2.05, 4.69) is 46.9 Å². The fraction of sp³-hybridized carbons (Fsp3) is 0.500. The van der Waals surface area contributed by atoms with Gasteiger partial charge in [0.25, 0.3) is 0 Å². The standard InChI is InChI=1S/C18H25N3O/c1-2-13-4-3-5-16-15(12-21-17(13)16)8-11-20-18(22)14-6-9-19-10-7-14/h3-5,12,14,19,21H,2,6-11H2,1H3,(H,20,22). The Morgan fingerprint density at radius 2 is 2.09 bits per heavy atom. The van der Waals surface area contributed by atoms with E-state index in [0.29, 0.717) is 6.54 Å². The molecular formula is C18H25N3O. The average Bonchev–Trinajstić information content (AvgIpc) is 2.99. The number of amides is 1. The molecule has 1 saturated heterocycles. The first-order valence-corrected chi connectivity index (χ1v) is 8.36. The van der Waals surface area contributed by atoms with Gasteiger partial charge < -0.3 is 15.6 Å². The van der Waals surface area contributed by atoms with Gasteiger partial charge >= 0.3 is 0 Å². The number of nitrogens with one attached hydrogen (secondary N) is 3. The van der Waals surface area contributed by atoms with E-state index < -0.39 is 0 Å². The summed E-state index contributed by atoms with van der Waals surface area (Å²) < 4.78 is 0. The number of hydrogen-bond donors (Lipinski definition) is 3. The lowest BCUT2D eigenvalue weighted by atomic mass is 9.97. The van der Waals surface area contributed by atoms with E-state index in [0.717, 1.165) is 38.8 Å². The molecule has 1 aliphatic heterocycles. The summed E-state index contributed by atoms with van der Waals surface area (Å²) in [5.74, 6) is 0.409. The number of carbonyl (C=O) groups is 1. The van der Waals surface area contributed by atoms with Crippen molar-refractivity contribution in [1.82, 2.24) is 15.6 Å². The maximum absolute atomic E-state index is 12.1. The summed E-state index contributed by atoms with van der Waals surface area (Å²) in [5.41, 5.74) is 3.88. The average molecular weight is 299 g/mol. The molecule has 0 bridgehead atoms. The highest BCUT2D eigenvalue weighted by Gasteiger charge is 2.20. The molecule has 3 rings (SSSR count). The first-order chi connectivity index (χ1) is 10.8. The van der Waals surface area contributed by atoms with Gasteiger partial charge in [0.2, 0.25) is 5.91 Å². The molecule has 1 fully saturated rings. The normalized spacial score (nSPS) is 16.0. The molecular weight excluding hydrogens is 274 g/mol. The largest absolute Gasteiger partial charge is 0.361 e. The van der Waals surface area contributed by atoms with Gasteiger partial charge in [-0.1, -0.05) is 25.1 Å². The lowest BCUT2D eigenvalue weighted by molar-refractivity contribution is -0.125. The zero-order valence-electron chi connectivity index (χ0n) is 13.2. The van der Waals surface area contributed by atoms with Crippen LogP contribution in [0.1, 0.15) is 30.9 Å². The summed E-state index contributed by atoms with van der Waals surface area (Å²) in [6, 6.07) is 6.45. The summed E-state index contributed by atoms with van der Waals surface area (Å²) in [7, 11) is 0. The predicted octanol–water partition coefficient (Wildman–Crippen LogP) is 2.39. The number of aryl methyl sites for hydroxylation is 1. The zero-order valence-corrected chi connectivity index (χ0v) is 13.2. The molecule has 0 unspecified atom stereocenters. The Morgan fingerprint density at radius 3 is 2.86 bits per heavy atom. The van der Waals surface area contributed by atoms with Crippen LogP contribution in [0.25, 0.3) is 10.9 Å². The second-order valence-corrected chi connectivity index (χ2v) is 6.07. The Morgan fingerprint density at radius 1 is 1.27 bits per heavy atom. The molecule has 1 aromatic heterocycles. The van der Waals surface area contributed by atoms with Gasteiger partial charge in [0.05, 0.1) is 0 Å². The number of benzene rings is 1. The number of para-hydroxylation sites is 1. The second-order valence-electron chi connectivity index (χ2n) is 6.07. The van der Waals surface area contributed by atoms with Crippen LogP contribution in [-0.4, -0.2) is 30.5 Å². The SMILES string of the molecule is CCc1cccc2c(CCNC(=O)C3CCNCC3)c[nH]c12. The van der Waals surface area contributed by atoms with Crippen molar-refractivity contribution in [1.29, 1.82) is 0 Å². The van der Waals surface area contributed by atoms with Crippen LogP contribution in [0.3, 0.4) is 0 Å². The molecule has 1 aliphatic rings.